The lowest BCUT2D eigenvalue weighted by Crippen LogP contribution is -2.47. The second kappa shape index (κ2) is 30.1. The molecular formula is C78H101N15O8. The summed E-state index contributed by atoms with van der Waals surface area (Å²) in [4.78, 5) is 97.7. The van der Waals surface area contributed by atoms with E-state index < -0.39 is 11.2 Å². The summed E-state index contributed by atoms with van der Waals surface area (Å²) in [6.07, 6.45) is 17.1. The maximum atomic E-state index is 12.2. The van der Waals surface area contributed by atoms with Gasteiger partial charge in [0.1, 0.15) is 28.7 Å². The molecule has 101 heavy (non-hydrogen) atoms. The zero-order valence-electron chi connectivity index (χ0n) is 58.8. The fourth-order valence-corrected chi connectivity index (χ4v) is 17.0. The van der Waals surface area contributed by atoms with Crippen molar-refractivity contribution in [2.45, 2.75) is 130 Å². The number of nitrogens with one attached hydrogen (secondary N) is 6. The van der Waals surface area contributed by atoms with Crippen LogP contribution in [0.25, 0.3) is 0 Å². The zero-order valence-corrected chi connectivity index (χ0v) is 58.8. The van der Waals surface area contributed by atoms with Gasteiger partial charge in [0.25, 0.3) is 0 Å². The number of aromatic nitrogens is 3. The molecule has 0 unspecified atom stereocenters. The summed E-state index contributed by atoms with van der Waals surface area (Å²) in [5, 5.41) is 17.2. The normalized spacial score (nSPS) is 22.8. The number of ether oxygens (including phenoxy) is 2. The third-order valence-electron chi connectivity index (χ3n) is 23.4. The number of hydrogen-bond acceptors (Lipinski definition) is 17. The Bertz CT molecular complexity index is 3560. The van der Waals surface area contributed by atoms with Crippen molar-refractivity contribution in [1.82, 2.24) is 44.4 Å². The van der Waals surface area contributed by atoms with Gasteiger partial charge < -0.3 is 60.1 Å². The van der Waals surface area contributed by atoms with Crippen molar-refractivity contribution in [3.63, 3.8) is 0 Å². The number of nitrogens with zero attached hydrogens (tertiary/aromatic N) is 9. The number of rotatable bonds is 0. The highest BCUT2D eigenvalue weighted by atomic mass is 16.6. The maximum absolute atomic E-state index is 12.2. The van der Waals surface area contributed by atoms with Crippen LogP contribution in [0.1, 0.15) is 131 Å². The molecule has 6 fully saturated rings. The molecule has 0 aliphatic carbocycles. The van der Waals surface area contributed by atoms with E-state index >= 15 is 0 Å². The molecule has 536 valence electrons. The number of pyridine rings is 3. The highest BCUT2D eigenvalue weighted by Crippen LogP contribution is 2.49. The van der Waals surface area contributed by atoms with Gasteiger partial charge in [-0.15, -0.1) is 0 Å². The number of anilines is 6. The second-order valence-electron chi connectivity index (χ2n) is 29.8. The minimum absolute atomic E-state index is 0. The van der Waals surface area contributed by atoms with Crippen molar-refractivity contribution >= 4 is 70.3 Å². The van der Waals surface area contributed by atoms with Gasteiger partial charge >= 0.3 is 12.2 Å². The summed E-state index contributed by atoms with van der Waals surface area (Å²) in [7, 11) is 12.7. The van der Waals surface area contributed by atoms with Crippen LogP contribution in [0.4, 0.5) is 44.1 Å². The minimum atomic E-state index is -0.474. The van der Waals surface area contributed by atoms with Gasteiger partial charge in [0.15, 0.2) is 0 Å². The second-order valence-corrected chi connectivity index (χ2v) is 29.8. The predicted molar refractivity (Wildman–Crippen MR) is 393 cm³/mol. The highest BCUT2D eigenvalue weighted by molar-refractivity contribution is 6.07. The SMILES string of the molecule is C.CN1CCC2(CC1)C(=O)Nc1ccccc12.CN1CCC2(CC1)C(=O)Nc1ncccc12.CN1CCC2(CC1)CC(=O)Nc1ccccc12.CN1CCC2(CC1)CC(=O)Nc1ncccc12.CN1CCC2(CC1)OC(=O)Nc1ccccc12.CN1CCC2(CC1)OC(=O)Nc1ncccc12. The summed E-state index contributed by atoms with van der Waals surface area (Å²) in [6.45, 7) is 12.0. The zero-order chi connectivity index (χ0) is 69.9. The van der Waals surface area contributed by atoms with E-state index in [2.05, 4.69) is 149 Å². The summed E-state index contributed by atoms with van der Waals surface area (Å²) < 4.78 is 11.2. The Morgan fingerprint density at radius 1 is 0.317 bits per heavy atom. The van der Waals surface area contributed by atoms with Crippen LogP contribution in [0.15, 0.2) is 128 Å². The molecular weight excluding hydrogens is 1270 g/mol. The number of para-hydroxylation sites is 3. The monoisotopic (exact) mass is 1380 g/mol. The van der Waals surface area contributed by atoms with Crippen molar-refractivity contribution in [2.24, 2.45) is 0 Å². The van der Waals surface area contributed by atoms with Crippen LogP contribution in [-0.4, -0.2) is 201 Å². The van der Waals surface area contributed by atoms with Crippen molar-refractivity contribution in [3.05, 3.63) is 161 Å². The van der Waals surface area contributed by atoms with Crippen LogP contribution < -0.4 is 31.9 Å². The van der Waals surface area contributed by atoms with E-state index in [-0.39, 0.29) is 64.9 Å². The van der Waals surface area contributed by atoms with Gasteiger partial charge in [-0.1, -0.05) is 74.2 Å². The van der Waals surface area contributed by atoms with Crippen molar-refractivity contribution < 1.29 is 38.2 Å². The van der Waals surface area contributed by atoms with E-state index in [9.17, 15) is 28.8 Å². The largest absolute Gasteiger partial charge is 0.438 e. The lowest BCUT2D eigenvalue weighted by Gasteiger charge is -2.44. The third kappa shape index (κ3) is 14.9. The summed E-state index contributed by atoms with van der Waals surface area (Å²) in [5.74, 6) is 2.80. The molecule has 6 saturated heterocycles. The first-order valence-corrected chi connectivity index (χ1v) is 35.7. The van der Waals surface area contributed by atoms with Crippen molar-refractivity contribution in [1.29, 1.82) is 0 Å². The number of hydrogen-bond donors (Lipinski definition) is 6. The average molecular weight is 1380 g/mol. The van der Waals surface area contributed by atoms with Crippen LogP contribution in [0.5, 0.6) is 0 Å². The van der Waals surface area contributed by atoms with E-state index in [4.69, 9.17) is 9.47 Å². The van der Waals surface area contributed by atoms with Crippen molar-refractivity contribution in [2.75, 3.05) is 153 Å². The van der Waals surface area contributed by atoms with Gasteiger partial charge in [0, 0.05) is 128 Å². The Morgan fingerprint density at radius 2 is 0.644 bits per heavy atom. The van der Waals surface area contributed by atoms with E-state index in [1.807, 2.05) is 78.9 Å². The average Bonchev–Trinajstić information content (AvgIpc) is 1.65. The molecule has 0 atom stereocenters. The Labute approximate surface area is 594 Å². The predicted octanol–water partition coefficient (Wildman–Crippen LogP) is 10.3. The molecule has 3 aromatic carbocycles. The molecule has 6 amide bonds. The molecule has 18 rings (SSSR count). The molecule has 0 radical (unpaired) electrons. The number of carbonyl (C=O) groups is 6. The van der Waals surface area contributed by atoms with Crippen LogP contribution in [-0.2, 0) is 61.5 Å². The molecule has 12 aliphatic heterocycles. The number of amides is 6. The summed E-state index contributed by atoms with van der Waals surface area (Å²) >= 11 is 0. The number of likely N-dealkylation sites (tertiary alicyclic amines) is 6. The number of carbonyl (C=O) groups excluding carboxylic acids is 6. The Hall–Kier alpha value is -8.71. The molecule has 15 heterocycles. The van der Waals surface area contributed by atoms with Gasteiger partial charge in [-0.05, 0) is 200 Å². The third-order valence-corrected chi connectivity index (χ3v) is 23.4. The molecule has 0 saturated carbocycles. The summed E-state index contributed by atoms with van der Waals surface area (Å²) in [6, 6.07) is 36.2. The van der Waals surface area contributed by atoms with E-state index in [1.165, 1.54) is 16.7 Å². The van der Waals surface area contributed by atoms with E-state index in [0.717, 1.165) is 201 Å². The molecule has 0 bridgehead atoms. The Kier molecular flexibility index (Phi) is 21.5. The van der Waals surface area contributed by atoms with E-state index in [0.29, 0.717) is 18.7 Å². The van der Waals surface area contributed by atoms with Crippen LogP contribution >= 0.6 is 0 Å². The molecule has 3 aromatic heterocycles. The Morgan fingerprint density at radius 3 is 1.15 bits per heavy atom. The standard InChI is InChI=1S/C14H18N2O.C13H17N3O.C13H16N2O2.C13H16N2O.C12H15N3O2.C12H15N3O.CH4/c1-16-8-6-14(7-9-16)10-13(17)15-12-5-3-2-4-11(12)14;1-16-7-4-13(5-8-16)9-11(17)15-12-10(13)3-2-6-14-12;1-15-8-6-13(7-9-15)10-4-2-3-5-11(10)14-12(16)17-13;1-15-8-6-13(7-9-15)10-4-2-3-5-11(10)14-12(13)16;1-15-7-4-12(5-8-15)9-3-2-6-13-10(9)14-11(16)17-12;1-15-7-4-12(5-8-15)9-3-2-6-13-10(9)14-11(12)16;/h2-5H,6-10H2,1H3,(H,15,17);2-3,6H,4-5,7-9H2,1H3,(H,14,15,17);2-5H,6-9H2,1H3,(H,14,16);2-5H,6-9H2,1H3,(H,14,16);2-3,6H,4-5,7-8H2,1H3,(H,13,14,16);2-3,6H,4-5,7-8H2,1H3,(H,13,14,16);1H4. The van der Waals surface area contributed by atoms with Gasteiger partial charge in [0.2, 0.25) is 23.6 Å². The van der Waals surface area contributed by atoms with Gasteiger partial charge in [0.05, 0.1) is 16.5 Å². The molecule has 23 nitrogen and oxygen atoms in total. The molecule has 23 heteroatoms. The number of benzene rings is 3. The molecule has 6 N–H and O–H groups in total. The van der Waals surface area contributed by atoms with Crippen LogP contribution in [0.2, 0.25) is 0 Å². The first-order chi connectivity index (χ1) is 48.2. The van der Waals surface area contributed by atoms with Crippen LogP contribution in [0, 0.1) is 0 Å². The topological polar surface area (TPSA) is 251 Å². The van der Waals surface area contributed by atoms with Gasteiger partial charge in [-0.2, -0.15) is 0 Å². The highest BCUT2D eigenvalue weighted by Gasteiger charge is 2.51. The lowest BCUT2D eigenvalue weighted by atomic mass is 9.68. The first-order valence-electron chi connectivity index (χ1n) is 35.7. The van der Waals surface area contributed by atoms with E-state index in [1.54, 1.807) is 18.6 Å². The number of fused-ring (bicyclic) bond motifs is 12. The lowest BCUT2D eigenvalue weighted by molar-refractivity contribution is -0.123. The molecule has 6 spiro atoms. The fourth-order valence-electron chi connectivity index (χ4n) is 17.0. The van der Waals surface area contributed by atoms with Gasteiger partial charge in [-0.25, -0.2) is 24.5 Å². The molecule has 12 aliphatic rings. The minimum Gasteiger partial charge on any atom is -0.438 e. The van der Waals surface area contributed by atoms with Gasteiger partial charge in [-0.3, -0.25) is 29.8 Å². The van der Waals surface area contributed by atoms with Crippen LogP contribution in [0.3, 0.4) is 0 Å². The number of piperidine rings is 6. The quantitative estimate of drug-likeness (QED) is 0.0827. The summed E-state index contributed by atoms with van der Waals surface area (Å²) in [5.41, 5.74) is 8.59. The maximum Gasteiger partial charge on any atom is 0.413 e. The van der Waals surface area contributed by atoms with Crippen molar-refractivity contribution in [3.8, 4) is 0 Å². The first kappa shape index (κ1) is 72.1. The smallest absolute Gasteiger partial charge is 0.413 e. The Balaban J connectivity index is 0.000000114. The molecule has 6 aromatic rings. The fraction of sp³-hybridized carbons (Fsp3) is 0.500.